The Labute approximate surface area is 168 Å². The van der Waals surface area contributed by atoms with Crippen LogP contribution in [0.3, 0.4) is 0 Å². The van der Waals surface area contributed by atoms with Gasteiger partial charge in [-0.3, -0.25) is 4.72 Å². The molecule has 5 nitrogen and oxygen atoms in total. The van der Waals surface area contributed by atoms with Gasteiger partial charge in [0.1, 0.15) is 4.21 Å². The summed E-state index contributed by atoms with van der Waals surface area (Å²) < 4.78 is 53.3. The van der Waals surface area contributed by atoms with Crippen molar-refractivity contribution in [1.82, 2.24) is 0 Å². The van der Waals surface area contributed by atoms with E-state index in [0.717, 1.165) is 10.1 Å². The van der Waals surface area contributed by atoms with Crippen molar-refractivity contribution in [2.24, 2.45) is 0 Å². The normalized spacial score (nSPS) is 12.4. The van der Waals surface area contributed by atoms with Gasteiger partial charge in [0.15, 0.2) is 9.84 Å². The van der Waals surface area contributed by atoms with E-state index in [1.807, 2.05) is 0 Å². The Morgan fingerprint density at radius 2 is 1.70 bits per heavy atom. The van der Waals surface area contributed by atoms with Gasteiger partial charge >= 0.3 is 0 Å². The average molecular weight is 444 g/mol. The predicted octanol–water partition coefficient (Wildman–Crippen LogP) is 4.85. The lowest BCUT2D eigenvalue weighted by Gasteiger charge is -2.08. The number of nitrogens with one attached hydrogen (secondary N) is 1. The van der Waals surface area contributed by atoms with Crippen molar-refractivity contribution in [3.63, 3.8) is 0 Å². The summed E-state index contributed by atoms with van der Waals surface area (Å²) >= 11 is 7.18. The van der Waals surface area contributed by atoms with Crippen molar-refractivity contribution in [3.8, 4) is 0 Å². The first-order valence-electron chi connectivity index (χ1n) is 8.18. The van der Waals surface area contributed by atoms with Gasteiger partial charge < -0.3 is 0 Å². The summed E-state index contributed by atoms with van der Waals surface area (Å²) in [6.45, 7) is 3.53. The molecular weight excluding hydrogens is 426 g/mol. The van der Waals surface area contributed by atoms with Gasteiger partial charge in [-0.25, -0.2) is 16.8 Å². The van der Waals surface area contributed by atoms with Gasteiger partial charge in [-0.2, -0.15) is 0 Å². The number of aryl methyl sites for hydroxylation is 1. The predicted molar refractivity (Wildman–Crippen MR) is 111 cm³/mol. The minimum atomic E-state index is -3.80. The minimum Gasteiger partial charge on any atom is -0.279 e. The Bertz CT molecular complexity index is 1200. The summed E-state index contributed by atoms with van der Waals surface area (Å²) in [5.41, 5.74) is 0.937. The van der Waals surface area contributed by atoms with Crippen molar-refractivity contribution in [2.75, 3.05) is 10.5 Å². The van der Waals surface area contributed by atoms with Crippen LogP contribution in [0.15, 0.2) is 51.6 Å². The summed E-state index contributed by atoms with van der Waals surface area (Å²) in [6.07, 6.45) is 0.520. The fourth-order valence-electron chi connectivity index (χ4n) is 2.75. The van der Waals surface area contributed by atoms with Crippen LogP contribution in [0.5, 0.6) is 0 Å². The third-order valence-corrected chi connectivity index (χ3v) is 9.48. The van der Waals surface area contributed by atoms with Crippen LogP contribution in [-0.2, 0) is 19.9 Å². The molecule has 0 radical (unpaired) electrons. The number of fused-ring (bicyclic) bond motifs is 1. The zero-order chi connectivity index (χ0) is 19.8. The first-order valence-corrected chi connectivity index (χ1v) is 12.5. The maximum atomic E-state index is 12.8. The molecule has 2 aromatic carbocycles. The fourth-order valence-corrected chi connectivity index (χ4v) is 7.05. The lowest BCUT2D eigenvalue weighted by Crippen LogP contribution is -2.13. The van der Waals surface area contributed by atoms with E-state index in [4.69, 9.17) is 11.6 Å². The van der Waals surface area contributed by atoms with Gasteiger partial charge in [0.2, 0.25) is 0 Å². The number of hydrogen-bond donors (Lipinski definition) is 1. The molecule has 0 aliphatic heterocycles. The zero-order valence-corrected chi connectivity index (χ0v) is 17.9. The second kappa shape index (κ2) is 7.43. The number of hydrogen-bond acceptors (Lipinski definition) is 5. The average Bonchev–Trinajstić information content (AvgIpc) is 2.92. The Morgan fingerprint density at radius 1 is 1.04 bits per heavy atom. The first-order chi connectivity index (χ1) is 12.6. The molecule has 0 fully saturated rings. The summed E-state index contributed by atoms with van der Waals surface area (Å²) in [5.74, 6) is 0.0572. The molecule has 144 valence electrons. The largest absolute Gasteiger partial charge is 0.279 e. The van der Waals surface area contributed by atoms with Gasteiger partial charge in [-0.1, -0.05) is 18.5 Å². The van der Waals surface area contributed by atoms with E-state index in [0.29, 0.717) is 22.7 Å². The van der Waals surface area contributed by atoms with Gasteiger partial charge in [-0.05, 0) is 66.8 Å². The molecule has 1 heterocycles. The number of halogens is 1. The Hall–Kier alpha value is -1.61. The lowest BCUT2D eigenvalue weighted by molar-refractivity contribution is 0.594. The molecular formula is C18H18ClNO4S3. The molecule has 0 bridgehead atoms. The molecule has 9 heteroatoms. The van der Waals surface area contributed by atoms with E-state index in [1.54, 1.807) is 32.0 Å². The monoisotopic (exact) mass is 443 g/mol. The summed E-state index contributed by atoms with van der Waals surface area (Å²) in [7, 11) is -7.14. The Kier molecular flexibility index (Phi) is 5.54. The van der Waals surface area contributed by atoms with Crippen LogP contribution in [0.1, 0.15) is 18.9 Å². The molecule has 3 aromatic rings. The molecule has 0 saturated heterocycles. The number of thiophene rings is 1. The van der Waals surface area contributed by atoms with Crippen LogP contribution in [-0.4, -0.2) is 22.6 Å². The highest BCUT2D eigenvalue weighted by atomic mass is 35.5. The molecule has 0 amide bonds. The van der Waals surface area contributed by atoms with Crippen LogP contribution in [0.4, 0.5) is 5.69 Å². The van der Waals surface area contributed by atoms with Crippen LogP contribution in [0, 0.1) is 6.92 Å². The van der Waals surface area contributed by atoms with Crippen LogP contribution < -0.4 is 4.72 Å². The van der Waals surface area contributed by atoms with E-state index in [1.165, 1.54) is 35.6 Å². The maximum Gasteiger partial charge on any atom is 0.271 e. The van der Waals surface area contributed by atoms with E-state index >= 15 is 0 Å². The van der Waals surface area contributed by atoms with Crippen molar-refractivity contribution in [3.05, 3.63) is 53.1 Å². The van der Waals surface area contributed by atoms with Gasteiger partial charge in [0.25, 0.3) is 10.0 Å². The van der Waals surface area contributed by atoms with Crippen molar-refractivity contribution in [2.45, 2.75) is 29.4 Å². The third-order valence-electron chi connectivity index (χ3n) is 4.04. The highest BCUT2D eigenvalue weighted by molar-refractivity contribution is 7.95. The first kappa shape index (κ1) is 20.1. The number of sulfone groups is 1. The second-order valence-corrected chi connectivity index (χ2v) is 11.6. The lowest BCUT2D eigenvalue weighted by atomic mass is 10.2. The van der Waals surface area contributed by atoms with E-state index < -0.39 is 19.9 Å². The fraction of sp³-hybridized carbons (Fsp3) is 0.222. The van der Waals surface area contributed by atoms with E-state index in [-0.39, 0.29) is 14.9 Å². The van der Waals surface area contributed by atoms with Crippen LogP contribution >= 0.6 is 22.9 Å². The topological polar surface area (TPSA) is 80.3 Å². The van der Waals surface area contributed by atoms with Crippen LogP contribution in [0.25, 0.3) is 10.1 Å². The SMILES string of the molecule is CCCS(=O)(=O)c1ccc(NS(=O)(=O)c2sc3ccc(Cl)cc3c2C)cc1. The molecule has 0 aliphatic carbocycles. The molecule has 0 atom stereocenters. The molecule has 0 spiro atoms. The highest BCUT2D eigenvalue weighted by Crippen LogP contribution is 2.36. The quantitative estimate of drug-likeness (QED) is 0.590. The van der Waals surface area contributed by atoms with Crippen molar-refractivity contribution < 1.29 is 16.8 Å². The molecule has 0 aliphatic rings. The molecule has 27 heavy (non-hydrogen) atoms. The standard InChI is InChI=1S/C18H18ClNO4S3/c1-3-10-26(21,22)15-7-5-14(6-8-15)20-27(23,24)18-12(2)16-11-13(19)4-9-17(16)25-18/h4-9,11,20H,3,10H2,1-2H3. The van der Waals surface area contributed by atoms with Gasteiger partial charge in [0, 0.05) is 15.4 Å². The maximum absolute atomic E-state index is 12.8. The number of sulfonamides is 1. The third kappa shape index (κ3) is 4.13. The number of anilines is 1. The summed E-state index contributed by atoms with van der Waals surface area (Å²) in [4.78, 5) is 0.181. The van der Waals surface area contributed by atoms with E-state index in [9.17, 15) is 16.8 Å². The molecule has 0 saturated carbocycles. The molecule has 3 rings (SSSR count). The van der Waals surface area contributed by atoms with Crippen molar-refractivity contribution in [1.29, 1.82) is 0 Å². The number of benzene rings is 2. The highest BCUT2D eigenvalue weighted by Gasteiger charge is 2.22. The molecule has 0 unspecified atom stereocenters. The number of rotatable bonds is 6. The smallest absolute Gasteiger partial charge is 0.271 e. The molecule has 1 aromatic heterocycles. The van der Waals surface area contributed by atoms with Gasteiger partial charge in [-0.15, -0.1) is 11.3 Å². The molecule has 1 N–H and O–H groups in total. The summed E-state index contributed by atoms with van der Waals surface area (Å²) in [5, 5.41) is 1.35. The van der Waals surface area contributed by atoms with Gasteiger partial charge in [0.05, 0.1) is 10.6 Å². The van der Waals surface area contributed by atoms with Crippen LogP contribution in [0.2, 0.25) is 5.02 Å². The Balaban J connectivity index is 1.92. The van der Waals surface area contributed by atoms with Crippen molar-refractivity contribution >= 4 is 58.6 Å². The summed E-state index contributed by atoms with van der Waals surface area (Å²) in [6, 6.07) is 11.0. The second-order valence-electron chi connectivity index (χ2n) is 6.10. The van der Waals surface area contributed by atoms with E-state index in [2.05, 4.69) is 4.72 Å². The Morgan fingerprint density at radius 3 is 2.33 bits per heavy atom. The minimum absolute atomic E-state index is 0.0572. The zero-order valence-electron chi connectivity index (χ0n) is 14.7.